The minimum absolute atomic E-state index is 0.133. The first-order chi connectivity index (χ1) is 11.1. The van der Waals surface area contributed by atoms with Crippen LogP contribution in [0.4, 0.5) is 14.0 Å². The molecule has 1 saturated carbocycles. The van der Waals surface area contributed by atoms with Crippen LogP contribution >= 0.6 is 0 Å². The Balaban J connectivity index is 3.39. The Morgan fingerprint density at radius 1 is 1.00 bits per heavy atom. The Morgan fingerprint density at radius 2 is 1.40 bits per heavy atom. The van der Waals surface area contributed by atoms with Crippen molar-refractivity contribution in [1.82, 2.24) is 4.90 Å². The second kappa shape index (κ2) is 6.27. The van der Waals surface area contributed by atoms with E-state index in [-0.39, 0.29) is 11.2 Å². The third-order valence-electron chi connectivity index (χ3n) is 3.32. The highest BCUT2D eigenvalue weighted by atomic mass is 19.1. The van der Waals surface area contributed by atoms with Gasteiger partial charge in [0.1, 0.15) is 11.2 Å². The zero-order valence-electron chi connectivity index (χ0n) is 15.5. The molecular weight excluding hydrogens is 337 g/mol. The van der Waals surface area contributed by atoms with E-state index in [0.717, 1.165) is 7.11 Å². The number of alkyl halides is 1. The van der Waals surface area contributed by atoms with E-state index >= 15 is 0 Å². The molecule has 1 aliphatic rings. The summed E-state index contributed by atoms with van der Waals surface area (Å²) >= 11 is 0. The normalized spacial score (nSPS) is 25.6. The lowest BCUT2D eigenvalue weighted by Gasteiger charge is -2.32. The first kappa shape index (κ1) is 20.9. The fourth-order valence-electron chi connectivity index (χ4n) is 2.24. The van der Waals surface area contributed by atoms with Crippen LogP contribution in [0.15, 0.2) is 0 Å². The summed E-state index contributed by atoms with van der Waals surface area (Å²) in [6, 6.07) is 0. The van der Waals surface area contributed by atoms with Crippen molar-refractivity contribution in [2.45, 2.75) is 70.4 Å². The Labute approximate surface area is 145 Å². The van der Waals surface area contributed by atoms with E-state index in [4.69, 9.17) is 9.47 Å². The number of carbonyl (C=O) groups excluding carboxylic acids is 4. The number of nitrogens with zero attached hydrogens (tertiary/aromatic N) is 1. The van der Waals surface area contributed by atoms with E-state index in [9.17, 15) is 23.6 Å². The van der Waals surface area contributed by atoms with E-state index in [1.165, 1.54) is 41.5 Å². The molecule has 0 N–H and O–H groups in total. The largest absolute Gasteiger partial charge is 0.467 e. The van der Waals surface area contributed by atoms with Gasteiger partial charge in [0.05, 0.1) is 7.11 Å². The average Bonchev–Trinajstić information content (AvgIpc) is 3.01. The van der Waals surface area contributed by atoms with Gasteiger partial charge in [-0.1, -0.05) is 0 Å². The van der Waals surface area contributed by atoms with Crippen molar-refractivity contribution < 1.29 is 37.8 Å². The minimum atomic E-state index is -2.77. The van der Waals surface area contributed by atoms with Gasteiger partial charge in [-0.2, -0.15) is 4.90 Å². The van der Waals surface area contributed by atoms with E-state index < -0.39 is 47.0 Å². The summed E-state index contributed by atoms with van der Waals surface area (Å²) in [5, 5.41) is 0. The lowest BCUT2D eigenvalue weighted by atomic mass is 10.1. The molecule has 0 aromatic carbocycles. The Bertz CT molecular complexity index is 564. The molecule has 0 aliphatic heterocycles. The zero-order valence-corrected chi connectivity index (χ0v) is 15.5. The third kappa shape index (κ3) is 4.08. The van der Waals surface area contributed by atoms with Gasteiger partial charge < -0.3 is 14.2 Å². The molecule has 2 atom stereocenters. The predicted octanol–water partition coefficient (Wildman–Crippen LogP) is 2.38. The molecule has 142 valence electrons. The molecule has 0 spiro atoms. The van der Waals surface area contributed by atoms with E-state index in [1.54, 1.807) is 0 Å². The van der Waals surface area contributed by atoms with E-state index in [2.05, 4.69) is 4.74 Å². The van der Waals surface area contributed by atoms with Gasteiger partial charge in [0.2, 0.25) is 5.67 Å². The van der Waals surface area contributed by atoms with Gasteiger partial charge in [0.15, 0.2) is 11.8 Å². The van der Waals surface area contributed by atoms with Crippen molar-refractivity contribution in [2.75, 3.05) is 7.11 Å². The maximum absolute atomic E-state index is 14.7. The molecule has 8 nitrogen and oxygen atoms in total. The minimum Gasteiger partial charge on any atom is -0.467 e. The number of aldehydes is 1. The molecule has 0 unspecified atom stereocenters. The van der Waals surface area contributed by atoms with Crippen LogP contribution in [-0.2, 0) is 23.8 Å². The highest BCUT2D eigenvalue weighted by Crippen LogP contribution is 2.55. The maximum Gasteiger partial charge on any atom is 0.421 e. The fraction of sp³-hybridized carbons (Fsp3) is 0.750. The summed E-state index contributed by atoms with van der Waals surface area (Å²) in [5.74, 6) is -1.25. The van der Waals surface area contributed by atoms with E-state index in [1.807, 2.05) is 0 Å². The second-order valence-electron chi connectivity index (χ2n) is 7.81. The lowest BCUT2D eigenvalue weighted by molar-refractivity contribution is -0.151. The van der Waals surface area contributed by atoms with Gasteiger partial charge in [-0.25, -0.2) is 18.8 Å². The SMILES string of the molecule is COC(=O)[C@@]1(N(C(=O)OC(C)(C)C)C(=O)OC(C)(C)C)C[C@@]1(F)C=O. The van der Waals surface area contributed by atoms with Crippen molar-refractivity contribution in [2.24, 2.45) is 0 Å². The standard InChI is InChI=1S/C16H24FNO7/c1-13(2,3)24-11(21)18(12(22)25-14(4,5)6)16(10(20)23-7)8-15(16,17)9-19/h9H,8H2,1-7H3/t15-,16+/m1/s1. The van der Waals surface area contributed by atoms with Crippen LogP contribution in [0.2, 0.25) is 0 Å². The number of hydrogen-bond acceptors (Lipinski definition) is 7. The summed E-state index contributed by atoms with van der Waals surface area (Å²) < 4.78 is 29.4. The molecule has 1 rings (SSSR count). The Kier molecular flexibility index (Phi) is 5.23. The predicted molar refractivity (Wildman–Crippen MR) is 83.6 cm³/mol. The van der Waals surface area contributed by atoms with Crippen LogP contribution in [0.25, 0.3) is 0 Å². The van der Waals surface area contributed by atoms with Gasteiger partial charge in [-0.15, -0.1) is 0 Å². The van der Waals surface area contributed by atoms with Crippen molar-refractivity contribution in [3.8, 4) is 0 Å². The van der Waals surface area contributed by atoms with Crippen molar-refractivity contribution in [3.05, 3.63) is 0 Å². The number of imide groups is 1. The Hall–Kier alpha value is -2.19. The van der Waals surface area contributed by atoms with Crippen LogP contribution in [0.5, 0.6) is 0 Å². The third-order valence-corrected chi connectivity index (χ3v) is 3.32. The number of carbonyl (C=O) groups is 4. The number of rotatable bonds is 3. The summed E-state index contributed by atoms with van der Waals surface area (Å²) in [5.41, 5.74) is -7.30. The topological polar surface area (TPSA) is 99.2 Å². The van der Waals surface area contributed by atoms with Crippen molar-refractivity contribution in [1.29, 1.82) is 0 Å². The zero-order chi connectivity index (χ0) is 19.8. The Morgan fingerprint density at radius 3 is 1.64 bits per heavy atom. The average molecular weight is 361 g/mol. The molecular formula is C16H24FNO7. The molecule has 1 fully saturated rings. The van der Waals surface area contributed by atoms with E-state index in [0.29, 0.717) is 0 Å². The molecule has 0 bridgehead atoms. The number of hydrogen-bond donors (Lipinski definition) is 0. The summed E-state index contributed by atoms with van der Waals surface area (Å²) in [7, 11) is 0.954. The number of amides is 2. The number of esters is 1. The van der Waals surface area contributed by atoms with Crippen LogP contribution < -0.4 is 0 Å². The van der Waals surface area contributed by atoms with Gasteiger partial charge in [-0.3, -0.25) is 4.79 Å². The quantitative estimate of drug-likeness (QED) is 0.432. The monoisotopic (exact) mass is 361 g/mol. The summed E-state index contributed by atoms with van der Waals surface area (Å²) in [6.07, 6.45) is -3.48. The maximum atomic E-state index is 14.7. The number of halogens is 1. The van der Waals surface area contributed by atoms with Crippen molar-refractivity contribution in [3.63, 3.8) is 0 Å². The van der Waals surface area contributed by atoms with Gasteiger partial charge in [-0.05, 0) is 41.5 Å². The first-order valence-corrected chi connectivity index (χ1v) is 7.63. The smallest absolute Gasteiger partial charge is 0.421 e. The molecule has 0 aromatic heterocycles. The molecule has 1 aliphatic carbocycles. The summed E-state index contributed by atoms with van der Waals surface area (Å²) in [6.45, 7) is 9.16. The molecule has 9 heteroatoms. The summed E-state index contributed by atoms with van der Waals surface area (Å²) in [4.78, 5) is 48.5. The molecule has 0 aromatic rings. The highest BCUT2D eigenvalue weighted by Gasteiger charge is 2.82. The van der Waals surface area contributed by atoms with Gasteiger partial charge >= 0.3 is 18.2 Å². The number of methoxy groups -OCH3 is 1. The van der Waals surface area contributed by atoms with Crippen LogP contribution in [0.3, 0.4) is 0 Å². The second-order valence-corrected chi connectivity index (χ2v) is 7.81. The van der Waals surface area contributed by atoms with Gasteiger partial charge in [0.25, 0.3) is 0 Å². The number of ether oxygens (including phenoxy) is 3. The molecule has 0 heterocycles. The van der Waals surface area contributed by atoms with Gasteiger partial charge in [0, 0.05) is 6.42 Å². The van der Waals surface area contributed by atoms with Crippen LogP contribution in [-0.4, -0.2) is 58.9 Å². The van der Waals surface area contributed by atoms with Crippen molar-refractivity contribution >= 4 is 24.4 Å². The lowest BCUT2D eigenvalue weighted by Crippen LogP contribution is -2.57. The molecule has 0 saturated heterocycles. The van der Waals surface area contributed by atoms with Crippen LogP contribution in [0, 0.1) is 0 Å². The highest BCUT2D eigenvalue weighted by molar-refractivity contribution is 6.04. The molecule has 25 heavy (non-hydrogen) atoms. The molecule has 2 amide bonds. The first-order valence-electron chi connectivity index (χ1n) is 7.63. The fourth-order valence-corrected chi connectivity index (χ4v) is 2.24. The van der Waals surface area contributed by atoms with Crippen LogP contribution in [0.1, 0.15) is 48.0 Å². The molecule has 0 radical (unpaired) electrons.